The molecule has 1 N–H and O–H groups in total. The van der Waals surface area contributed by atoms with E-state index in [1.165, 1.54) is 4.88 Å². The van der Waals surface area contributed by atoms with Gasteiger partial charge >= 0.3 is 0 Å². The first kappa shape index (κ1) is 24.5. The van der Waals surface area contributed by atoms with Crippen molar-refractivity contribution in [1.29, 1.82) is 5.26 Å². The zero-order chi connectivity index (χ0) is 25.4. The molecule has 0 aliphatic heterocycles. The predicted molar refractivity (Wildman–Crippen MR) is 149 cm³/mol. The van der Waals surface area contributed by atoms with E-state index >= 15 is 0 Å². The van der Waals surface area contributed by atoms with Gasteiger partial charge in [0.2, 0.25) is 0 Å². The maximum absolute atomic E-state index is 13.7. The summed E-state index contributed by atoms with van der Waals surface area (Å²) in [6, 6.07) is 19.3. The van der Waals surface area contributed by atoms with Crippen LogP contribution in [-0.2, 0) is 12.8 Å². The minimum Gasteiger partial charge on any atom is -0.312 e. The molecule has 0 radical (unpaired) electrons. The number of amides is 1. The minimum absolute atomic E-state index is 0.248. The summed E-state index contributed by atoms with van der Waals surface area (Å²) in [6.07, 6.45) is 4.03. The summed E-state index contributed by atoms with van der Waals surface area (Å²) in [6.45, 7) is 6.90. The van der Waals surface area contributed by atoms with E-state index < -0.39 is 0 Å². The summed E-state index contributed by atoms with van der Waals surface area (Å²) in [5.41, 5.74) is 4.61. The maximum atomic E-state index is 13.7. The third-order valence-electron chi connectivity index (χ3n) is 7.73. The number of carbonyl (C=O) groups is 1. The molecule has 1 atom stereocenters. The number of nitrogens with zero attached hydrogens (tertiary/aromatic N) is 2. The number of aromatic nitrogens is 1. The summed E-state index contributed by atoms with van der Waals surface area (Å²) in [4.78, 5) is 19.7. The molecule has 0 saturated heterocycles. The van der Waals surface area contributed by atoms with E-state index in [9.17, 15) is 10.1 Å². The van der Waals surface area contributed by atoms with E-state index in [1.807, 2.05) is 48.5 Å². The number of benzene rings is 2. The number of rotatable bonds is 5. The maximum Gasteiger partial charge on any atom is 0.257 e. The van der Waals surface area contributed by atoms with Crippen LogP contribution in [0.3, 0.4) is 0 Å². The zero-order valence-electron chi connectivity index (χ0n) is 20.7. The Morgan fingerprint density at radius 3 is 2.72 bits per heavy atom. The first-order chi connectivity index (χ1) is 17.3. The molecule has 0 spiro atoms. The van der Waals surface area contributed by atoms with Crippen molar-refractivity contribution in [3.63, 3.8) is 0 Å². The number of halogens is 1. The summed E-state index contributed by atoms with van der Waals surface area (Å²) >= 11 is 8.01. The highest BCUT2D eigenvalue weighted by atomic mass is 35.5. The van der Waals surface area contributed by atoms with Crippen LogP contribution in [0.4, 0.5) is 5.00 Å². The number of hydrogen-bond donors (Lipinski definition) is 1. The molecule has 2 aromatic heterocycles. The number of hydrogen-bond acceptors (Lipinski definition) is 4. The second-order valence-electron chi connectivity index (χ2n) is 10.1. The van der Waals surface area contributed by atoms with Crippen LogP contribution in [0.2, 0.25) is 5.02 Å². The minimum atomic E-state index is -0.248. The number of para-hydroxylation sites is 1. The Kier molecular flexibility index (Phi) is 6.59. The normalized spacial score (nSPS) is 15.4. The van der Waals surface area contributed by atoms with Gasteiger partial charge in [0.1, 0.15) is 11.1 Å². The number of carbonyl (C=O) groups excluding carboxylic acids is 1. The van der Waals surface area contributed by atoms with Crippen LogP contribution in [0.5, 0.6) is 0 Å². The van der Waals surface area contributed by atoms with Gasteiger partial charge in [-0.25, -0.2) is 4.98 Å². The lowest BCUT2D eigenvalue weighted by Gasteiger charge is -2.36. The fourth-order valence-corrected chi connectivity index (χ4v) is 6.59. The molecule has 4 nitrogen and oxygen atoms in total. The van der Waals surface area contributed by atoms with Gasteiger partial charge in [0, 0.05) is 20.8 Å². The average Bonchev–Trinajstić information content (AvgIpc) is 3.24. The van der Waals surface area contributed by atoms with Crippen LogP contribution in [-0.4, -0.2) is 10.9 Å². The smallest absolute Gasteiger partial charge is 0.257 e. The van der Waals surface area contributed by atoms with Crippen molar-refractivity contribution in [2.75, 3.05) is 5.32 Å². The topological polar surface area (TPSA) is 65.8 Å². The van der Waals surface area contributed by atoms with E-state index in [-0.39, 0.29) is 11.3 Å². The summed E-state index contributed by atoms with van der Waals surface area (Å²) < 4.78 is 0. The second-order valence-corrected chi connectivity index (χ2v) is 11.6. The first-order valence-electron chi connectivity index (χ1n) is 12.3. The number of pyridine rings is 1. The van der Waals surface area contributed by atoms with E-state index in [4.69, 9.17) is 16.6 Å². The van der Waals surface area contributed by atoms with Gasteiger partial charge in [-0.2, -0.15) is 5.26 Å². The molecule has 5 rings (SSSR count). The van der Waals surface area contributed by atoms with Gasteiger partial charge in [0.15, 0.2) is 0 Å². The number of nitrogens with one attached hydrogen (secondary N) is 1. The zero-order valence-corrected chi connectivity index (χ0v) is 22.3. The Bertz CT molecular complexity index is 1510. The van der Waals surface area contributed by atoms with Crippen LogP contribution >= 0.6 is 22.9 Å². The van der Waals surface area contributed by atoms with Crippen LogP contribution in [0.25, 0.3) is 22.2 Å². The molecule has 1 amide bonds. The molecule has 0 saturated carbocycles. The highest BCUT2D eigenvalue weighted by Crippen LogP contribution is 2.45. The predicted octanol–water partition coefficient (Wildman–Crippen LogP) is 8.28. The SMILES string of the molecule is CCC(C)(C)[C@H]1CCc2c(sc(NC(=O)c3cc(-c4ccccc4Cl)nc4ccccc34)c2C#N)C1. The van der Waals surface area contributed by atoms with Gasteiger partial charge in [0.05, 0.1) is 22.3 Å². The lowest BCUT2D eigenvalue weighted by Crippen LogP contribution is -2.28. The van der Waals surface area contributed by atoms with E-state index in [0.29, 0.717) is 32.8 Å². The van der Waals surface area contributed by atoms with Crippen molar-refractivity contribution in [2.24, 2.45) is 11.3 Å². The van der Waals surface area contributed by atoms with E-state index in [2.05, 4.69) is 32.2 Å². The van der Waals surface area contributed by atoms with Crippen LogP contribution < -0.4 is 5.32 Å². The fourth-order valence-electron chi connectivity index (χ4n) is 5.09. The summed E-state index contributed by atoms with van der Waals surface area (Å²) in [5.74, 6) is 0.327. The fraction of sp³-hybridized carbons (Fsp3) is 0.300. The third kappa shape index (κ3) is 4.40. The van der Waals surface area contributed by atoms with Crippen molar-refractivity contribution in [2.45, 2.75) is 46.5 Å². The van der Waals surface area contributed by atoms with Gasteiger partial charge in [-0.3, -0.25) is 4.79 Å². The Labute approximate surface area is 221 Å². The molecule has 0 unspecified atom stereocenters. The number of nitriles is 1. The molecule has 2 aromatic carbocycles. The van der Waals surface area contributed by atoms with Crippen molar-refractivity contribution in [3.05, 3.63) is 81.2 Å². The van der Waals surface area contributed by atoms with E-state index in [1.54, 1.807) is 17.4 Å². The molecule has 1 aliphatic carbocycles. The van der Waals surface area contributed by atoms with Crippen LogP contribution in [0.1, 0.15) is 60.0 Å². The van der Waals surface area contributed by atoms with Gasteiger partial charge in [-0.1, -0.05) is 75.2 Å². The van der Waals surface area contributed by atoms with Crippen LogP contribution in [0.15, 0.2) is 54.6 Å². The molecule has 0 fully saturated rings. The highest BCUT2D eigenvalue weighted by Gasteiger charge is 2.34. The molecule has 4 aromatic rings. The average molecular weight is 514 g/mol. The number of anilines is 1. The van der Waals surface area contributed by atoms with Gasteiger partial charge in [-0.15, -0.1) is 11.3 Å². The molecular formula is C30H28ClN3OS. The van der Waals surface area contributed by atoms with Crippen molar-refractivity contribution < 1.29 is 4.79 Å². The highest BCUT2D eigenvalue weighted by molar-refractivity contribution is 7.16. The Morgan fingerprint density at radius 1 is 1.22 bits per heavy atom. The Balaban J connectivity index is 1.53. The molecule has 1 aliphatic rings. The lowest BCUT2D eigenvalue weighted by atomic mass is 9.69. The lowest BCUT2D eigenvalue weighted by molar-refractivity contribution is 0.102. The largest absolute Gasteiger partial charge is 0.312 e. The number of thiophene rings is 1. The molecule has 2 heterocycles. The monoisotopic (exact) mass is 513 g/mol. The van der Waals surface area contributed by atoms with Crippen molar-refractivity contribution >= 4 is 44.7 Å². The third-order valence-corrected chi connectivity index (χ3v) is 9.23. The second kappa shape index (κ2) is 9.69. The number of fused-ring (bicyclic) bond motifs is 2. The van der Waals surface area contributed by atoms with Gasteiger partial charge in [0.25, 0.3) is 5.91 Å². The quantitative estimate of drug-likeness (QED) is 0.292. The first-order valence-corrected chi connectivity index (χ1v) is 13.5. The Hall–Kier alpha value is -3.20. The van der Waals surface area contributed by atoms with Crippen molar-refractivity contribution in [3.8, 4) is 17.3 Å². The summed E-state index contributed by atoms with van der Waals surface area (Å²) in [5, 5.41) is 15.1. The molecular weight excluding hydrogens is 486 g/mol. The summed E-state index contributed by atoms with van der Waals surface area (Å²) in [7, 11) is 0. The molecule has 182 valence electrons. The molecule has 36 heavy (non-hydrogen) atoms. The van der Waals surface area contributed by atoms with Gasteiger partial charge < -0.3 is 5.32 Å². The van der Waals surface area contributed by atoms with Crippen LogP contribution in [0, 0.1) is 22.7 Å². The van der Waals surface area contributed by atoms with E-state index in [0.717, 1.165) is 47.7 Å². The standard InChI is InChI=1S/C30H28ClN3OS/c1-4-30(2,3)18-13-14-20-23(17-32)29(36-27(20)15-18)34-28(35)22-16-26(21-10-5-7-11-24(21)31)33-25-12-8-6-9-19(22)25/h5-12,16,18H,4,13-15H2,1-3H3,(H,34,35)/t18-/m0/s1. The van der Waals surface area contributed by atoms with Crippen molar-refractivity contribution in [1.82, 2.24) is 4.98 Å². The Morgan fingerprint density at radius 2 is 1.97 bits per heavy atom. The molecule has 0 bridgehead atoms. The molecule has 6 heteroatoms. The van der Waals surface area contributed by atoms with Gasteiger partial charge in [-0.05, 0) is 54.4 Å².